The molecule has 9 nitrogen and oxygen atoms in total. The molecule has 4 N–H and O–H groups in total. The second-order valence-electron chi connectivity index (χ2n) is 8.40. The number of nitrogens with two attached hydrogens (primary N) is 1. The van der Waals surface area contributed by atoms with Crippen LogP contribution in [0.2, 0.25) is 0 Å². The lowest BCUT2D eigenvalue weighted by Gasteiger charge is -2.27. The third kappa shape index (κ3) is 3.46. The van der Waals surface area contributed by atoms with Crippen LogP contribution >= 0.6 is 0 Å². The minimum Gasteiger partial charge on any atom is -0.474 e. The van der Waals surface area contributed by atoms with Crippen molar-refractivity contribution in [2.24, 2.45) is 5.92 Å². The van der Waals surface area contributed by atoms with Gasteiger partial charge in [0.05, 0.1) is 24.9 Å². The third-order valence-corrected chi connectivity index (χ3v) is 6.33. The van der Waals surface area contributed by atoms with Gasteiger partial charge in [-0.2, -0.15) is 0 Å². The molecule has 0 aliphatic carbocycles. The molecule has 1 saturated heterocycles. The van der Waals surface area contributed by atoms with Crippen molar-refractivity contribution in [3.05, 3.63) is 35.9 Å². The number of carboxylic acid groups (broad SMARTS) is 1. The highest BCUT2D eigenvalue weighted by Gasteiger charge is 2.35. The van der Waals surface area contributed by atoms with Crippen LogP contribution in [0.3, 0.4) is 0 Å². The number of hydrogen-bond donors (Lipinski definition) is 3. The Morgan fingerprint density at radius 2 is 2.09 bits per heavy atom. The number of ether oxygens (including phenoxy) is 2. The molecule has 3 aromatic rings. The molecule has 2 aromatic heterocycles. The maximum Gasteiger partial charge on any atom is 0.413 e. The number of hydrogen-bond acceptors (Lipinski definition) is 7. The zero-order valence-corrected chi connectivity index (χ0v) is 18.3. The number of rotatable bonds is 3. The predicted octanol–water partition coefficient (Wildman–Crippen LogP) is 3.65. The van der Waals surface area contributed by atoms with E-state index in [1.54, 1.807) is 18.3 Å². The van der Waals surface area contributed by atoms with Gasteiger partial charge in [0.25, 0.3) is 0 Å². The highest BCUT2D eigenvalue weighted by molar-refractivity contribution is 5.99. The van der Waals surface area contributed by atoms with Crippen molar-refractivity contribution >= 4 is 34.1 Å². The first-order valence-corrected chi connectivity index (χ1v) is 10.7. The number of benzene rings is 1. The summed E-state index contributed by atoms with van der Waals surface area (Å²) in [5, 5.41) is 14.1. The van der Waals surface area contributed by atoms with Crippen LogP contribution in [-0.2, 0) is 4.74 Å². The molecule has 2 aliphatic heterocycles. The lowest BCUT2D eigenvalue weighted by Crippen LogP contribution is -2.43. The zero-order valence-electron chi connectivity index (χ0n) is 18.3. The van der Waals surface area contributed by atoms with Gasteiger partial charge in [-0.25, -0.2) is 19.2 Å². The van der Waals surface area contributed by atoms with E-state index in [1.807, 2.05) is 13.8 Å². The first kappa shape index (κ1) is 21.2. The molecule has 2 aliphatic rings. The summed E-state index contributed by atoms with van der Waals surface area (Å²) in [6.45, 7) is 5.71. The lowest BCUT2D eigenvalue weighted by molar-refractivity contribution is 0.181. The average molecular weight is 453 g/mol. The number of amides is 1. The maximum absolute atomic E-state index is 15.4. The Hall–Kier alpha value is -3.66. The molecule has 4 heterocycles. The topological polar surface area (TPSA) is 123 Å². The molecule has 10 heteroatoms. The number of pyridine rings is 2. The van der Waals surface area contributed by atoms with E-state index < -0.39 is 11.9 Å². The normalized spacial score (nSPS) is 19.6. The third-order valence-electron chi connectivity index (χ3n) is 6.33. The van der Waals surface area contributed by atoms with Crippen molar-refractivity contribution in [3.8, 4) is 17.0 Å². The second-order valence-corrected chi connectivity index (χ2v) is 8.40. The van der Waals surface area contributed by atoms with Crippen LogP contribution in [0.15, 0.2) is 24.5 Å². The van der Waals surface area contributed by atoms with E-state index in [2.05, 4.69) is 15.3 Å². The van der Waals surface area contributed by atoms with Gasteiger partial charge in [0.2, 0.25) is 5.88 Å². The zero-order chi connectivity index (χ0) is 23.3. The molecule has 0 spiro atoms. The molecule has 33 heavy (non-hydrogen) atoms. The quantitative estimate of drug-likeness (QED) is 0.514. The second kappa shape index (κ2) is 8.04. The number of nitrogen functional groups attached to an aromatic ring is 1. The molecule has 0 unspecified atom stereocenters. The van der Waals surface area contributed by atoms with Gasteiger partial charge in [-0.15, -0.1) is 0 Å². The minimum atomic E-state index is -1.12. The molecular formula is C23H24FN5O4. The Morgan fingerprint density at radius 3 is 2.82 bits per heavy atom. The van der Waals surface area contributed by atoms with Crippen LogP contribution in [0.25, 0.3) is 21.9 Å². The first-order chi connectivity index (χ1) is 15.9. The average Bonchev–Trinajstić information content (AvgIpc) is 3.22. The Bertz CT molecular complexity index is 1270. The van der Waals surface area contributed by atoms with E-state index in [-0.39, 0.29) is 29.0 Å². The summed E-state index contributed by atoms with van der Waals surface area (Å²) >= 11 is 0. The van der Waals surface area contributed by atoms with Gasteiger partial charge in [0.15, 0.2) is 5.82 Å². The molecule has 0 saturated carbocycles. The molecular weight excluding hydrogens is 429 g/mol. The fourth-order valence-electron chi connectivity index (χ4n) is 4.50. The predicted molar refractivity (Wildman–Crippen MR) is 122 cm³/mol. The molecule has 172 valence electrons. The molecule has 1 fully saturated rings. The number of anilines is 3. The summed E-state index contributed by atoms with van der Waals surface area (Å²) in [6.07, 6.45) is 1.85. The number of nitrogens with one attached hydrogen (secondary N) is 1. The molecule has 2 atom stereocenters. The van der Waals surface area contributed by atoms with Crippen LogP contribution < -0.4 is 20.7 Å². The van der Waals surface area contributed by atoms with E-state index in [4.69, 9.17) is 15.2 Å². The van der Waals surface area contributed by atoms with Crippen molar-refractivity contribution in [1.82, 2.24) is 9.97 Å². The molecule has 5 rings (SSSR count). The van der Waals surface area contributed by atoms with Crippen LogP contribution in [0.4, 0.5) is 26.4 Å². The molecule has 0 radical (unpaired) electrons. The Kier molecular flexibility index (Phi) is 5.16. The Balaban J connectivity index is 1.65. The van der Waals surface area contributed by atoms with E-state index in [9.17, 15) is 9.90 Å². The van der Waals surface area contributed by atoms with Gasteiger partial charge in [0, 0.05) is 41.4 Å². The van der Waals surface area contributed by atoms with Gasteiger partial charge in [0.1, 0.15) is 18.1 Å². The smallest absolute Gasteiger partial charge is 0.413 e. The number of fused-ring (bicyclic) bond motifs is 2. The monoisotopic (exact) mass is 453 g/mol. The molecule has 1 amide bonds. The van der Waals surface area contributed by atoms with Crippen LogP contribution in [0.1, 0.15) is 12.5 Å². The fraction of sp³-hybridized carbons (Fsp3) is 0.348. The molecule has 1 aromatic carbocycles. The summed E-state index contributed by atoms with van der Waals surface area (Å²) in [7, 11) is 0. The Morgan fingerprint density at radius 1 is 1.27 bits per heavy atom. The first-order valence-electron chi connectivity index (χ1n) is 10.7. The number of halogens is 1. The minimum absolute atomic E-state index is 0.0198. The SMILES string of the molecule is Cc1c(-c2cc3cc(N(C(=O)O)[C@H]4COC[C@H]4C)ncc3c(N)c2F)cnc2c1NCCO2. The van der Waals surface area contributed by atoms with Gasteiger partial charge in [-0.1, -0.05) is 6.92 Å². The summed E-state index contributed by atoms with van der Waals surface area (Å²) in [5.74, 6) is 0.163. The van der Waals surface area contributed by atoms with Gasteiger partial charge in [-0.3, -0.25) is 4.90 Å². The lowest BCUT2D eigenvalue weighted by atomic mass is 9.97. The van der Waals surface area contributed by atoms with E-state index in [0.717, 1.165) is 11.3 Å². The van der Waals surface area contributed by atoms with E-state index >= 15 is 4.39 Å². The summed E-state index contributed by atoms with van der Waals surface area (Å²) in [4.78, 5) is 21.9. The van der Waals surface area contributed by atoms with Crippen LogP contribution in [0, 0.1) is 18.7 Å². The van der Waals surface area contributed by atoms with Crippen molar-refractivity contribution in [2.45, 2.75) is 19.9 Å². The number of nitrogens with zero attached hydrogens (tertiary/aromatic N) is 3. The highest BCUT2D eigenvalue weighted by atomic mass is 19.1. The van der Waals surface area contributed by atoms with Crippen molar-refractivity contribution in [1.29, 1.82) is 0 Å². The maximum atomic E-state index is 15.4. The highest BCUT2D eigenvalue weighted by Crippen LogP contribution is 2.40. The van der Waals surface area contributed by atoms with Gasteiger partial charge < -0.3 is 25.6 Å². The largest absolute Gasteiger partial charge is 0.474 e. The van der Waals surface area contributed by atoms with Gasteiger partial charge in [-0.05, 0) is 30.0 Å². The summed E-state index contributed by atoms with van der Waals surface area (Å²) in [5.41, 5.74) is 8.45. The molecule has 0 bridgehead atoms. The van der Waals surface area contributed by atoms with E-state index in [1.165, 1.54) is 11.1 Å². The fourth-order valence-corrected chi connectivity index (χ4v) is 4.50. The standard InChI is InChI=1S/C23H24FN5O4/c1-11-9-32-10-17(11)29(23(30)31)18-6-13-5-14(19(24)20(25)16(13)8-27-18)15-7-28-22-21(12(15)2)26-3-4-33-22/h5-8,11,17,26H,3-4,9-10,25H2,1-2H3,(H,30,31)/t11-,17+/m1/s1. The number of aromatic nitrogens is 2. The van der Waals surface area contributed by atoms with Gasteiger partial charge >= 0.3 is 6.09 Å². The van der Waals surface area contributed by atoms with Crippen molar-refractivity contribution < 1.29 is 23.8 Å². The van der Waals surface area contributed by atoms with Crippen molar-refractivity contribution in [3.63, 3.8) is 0 Å². The Labute approximate surface area is 189 Å². The summed E-state index contributed by atoms with van der Waals surface area (Å²) < 4.78 is 26.4. The summed E-state index contributed by atoms with van der Waals surface area (Å²) in [6, 6.07) is 2.92. The van der Waals surface area contributed by atoms with Crippen molar-refractivity contribution in [2.75, 3.05) is 42.3 Å². The van der Waals surface area contributed by atoms with Crippen LogP contribution in [-0.4, -0.2) is 53.6 Å². The van der Waals surface area contributed by atoms with E-state index in [0.29, 0.717) is 48.6 Å². The van der Waals surface area contributed by atoms with Crippen LogP contribution in [0.5, 0.6) is 5.88 Å². The number of carbonyl (C=O) groups is 1.